The fourth-order valence-electron chi connectivity index (χ4n) is 9.11. The Morgan fingerprint density at radius 2 is 1.67 bits per heavy atom. The third kappa shape index (κ3) is 11.9. The Bertz CT molecular complexity index is 3260. The maximum Gasteiger partial charge on any atom is 0.435 e. The monoisotopic (exact) mass is 1120 g/mol. The molecule has 2 aliphatic carbocycles. The summed E-state index contributed by atoms with van der Waals surface area (Å²) in [5, 5.41) is 14.9. The molecule has 29 heteroatoms. The number of fused-ring (bicyclic) bond motifs is 4. The number of amides is 2. The summed E-state index contributed by atoms with van der Waals surface area (Å²) in [5.74, 6) is -6.40. The lowest BCUT2D eigenvalue weighted by atomic mass is 9.93. The van der Waals surface area contributed by atoms with Crippen molar-refractivity contribution in [2.24, 2.45) is 5.92 Å². The second kappa shape index (κ2) is 20.6. The van der Waals surface area contributed by atoms with Crippen LogP contribution in [-0.2, 0) is 62.3 Å². The summed E-state index contributed by atoms with van der Waals surface area (Å²) in [5.41, 5.74) is -5.45. The molecule has 2 aromatic carbocycles. The van der Waals surface area contributed by atoms with E-state index in [4.69, 9.17) is 11.6 Å². The molecule has 75 heavy (non-hydrogen) atoms. The summed E-state index contributed by atoms with van der Waals surface area (Å²) in [7, 11) is -3.89. The van der Waals surface area contributed by atoms with Crippen LogP contribution >= 0.6 is 11.6 Å². The van der Waals surface area contributed by atoms with Crippen LogP contribution in [0.15, 0.2) is 42.5 Å². The standard InChI is InChI=1S/C46H45ClF10N10O6S2/c1-43(2,75(3,72)73)9-8-27-4-5-28(29-6-7-32(47)37-39(29)66(23-44(50,51)52)63-42(37)67(74(70)71)22-34(68)59-12-15-64-13-10-58-11-14-64)38(60-27)33(18-24-16-25(48)19-26(49)17-24)61-35(69)21-65-41-36(40(62-65)46(55,56)57)30-20-31(30)45(41,53)54/h4-7,16-17,19,30-31,33,58H,10-15,18,20-23H2,1-3H3,(H,59,68)(H,61,69)(H,70,71)/t30-,31+,33?/m0/s1. The van der Waals surface area contributed by atoms with Gasteiger partial charge in [-0.05, 0) is 74.4 Å². The van der Waals surface area contributed by atoms with Gasteiger partial charge in [0.2, 0.25) is 11.8 Å². The van der Waals surface area contributed by atoms with E-state index in [1.54, 1.807) is 0 Å². The number of carbonyl (C=O) groups is 2. The highest BCUT2D eigenvalue weighted by Crippen LogP contribution is 2.68. The van der Waals surface area contributed by atoms with E-state index in [-0.39, 0.29) is 45.1 Å². The van der Waals surface area contributed by atoms with Crippen molar-refractivity contribution in [3.05, 3.63) is 93.0 Å². The number of carbonyl (C=O) groups excluding carboxylic acids is 2. The maximum atomic E-state index is 15.6. The zero-order valence-corrected chi connectivity index (χ0v) is 42.0. The number of nitrogens with one attached hydrogen (secondary N) is 3. The summed E-state index contributed by atoms with van der Waals surface area (Å²) in [6.07, 6.45) is -10.3. The Balaban J connectivity index is 1.29. The Labute approximate surface area is 428 Å². The van der Waals surface area contributed by atoms with Gasteiger partial charge in [0.15, 0.2) is 21.3 Å². The first-order valence-corrected chi connectivity index (χ1v) is 26.2. The molecule has 16 nitrogen and oxygen atoms in total. The Hall–Kier alpha value is -5.86. The lowest BCUT2D eigenvalue weighted by molar-refractivity contribution is -0.143. The van der Waals surface area contributed by atoms with Gasteiger partial charge in [-0.25, -0.2) is 30.7 Å². The van der Waals surface area contributed by atoms with E-state index >= 15 is 8.78 Å². The largest absolute Gasteiger partial charge is 0.435 e. The Morgan fingerprint density at radius 3 is 2.29 bits per heavy atom. The van der Waals surface area contributed by atoms with Crippen LogP contribution in [0.1, 0.15) is 66.1 Å². The van der Waals surface area contributed by atoms with Crippen LogP contribution in [0.3, 0.4) is 0 Å². The van der Waals surface area contributed by atoms with Crippen molar-refractivity contribution in [3.8, 4) is 23.0 Å². The maximum absolute atomic E-state index is 15.6. The topological polar surface area (TPSA) is 197 Å². The van der Waals surface area contributed by atoms with E-state index in [1.165, 1.54) is 32.0 Å². The molecule has 0 radical (unpaired) electrons. The second-order valence-electron chi connectivity index (χ2n) is 18.7. The van der Waals surface area contributed by atoms with Crippen molar-refractivity contribution in [2.45, 2.75) is 74.8 Å². The Morgan fingerprint density at radius 1 is 1.00 bits per heavy atom. The van der Waals surface area contributed by atoms with Gasteiger partial charge in [-0.1, -0.05) is 23.6 Å². The van der Waals surface area contributed by atoms with E-state index in [1.807, 2.05) is 4.90 Å². The molecule has 2 fully saturated rings. The van der Waals surface area contributed by atoms with E-state index in [2.05, 4.69) is 43.0 Å². The van der Waals surface area contributed by atoms with Gasteiger partial charge in [-0.15, -0.1) is 0 Å². The molecule has 1 saturated carbocycles. The quantitative estimate of drug-likeness (QED) is 0.0495. The molecule has 2 unspecified atom stereocenters. The molecular formula is C46H45ClF10N10O6S2. The van der Waals surface area contributed by atoms with Crippen molar-refractivity contribution in [3.63, 3.8) is 0 Å². The van der Waals surface area contributed by atoms with E-state index in [0.29, 0.717) is 47.8 Å². The fraction of sp³-hybridized carbons (Fsp3) is 0.457. The zero-order valence-electron chi connectivity index (χ0n) is 39.6. The third-order valence-electron chi connectivity index (χ3n) is 13.0. The van der Waals surface area contributed by atoms with Crippen LogP contribution in [0.2, 0.25) is 5.02 Å². The summed E-state index contributed by atoms with van der Waals surface area (Å²) in [6.45, 7) is 1.68. The molecule has 3 aliphatic rings. The average molecular weight is 1120 g/mol. The molecule has 8 rings (SSSR count). The minimum absolute atomic E-state index is 0.0902. The first-order chi connectivity index (χ1) is 34.9. The van der Waals surface area contributed by atoms with Gasteiger partial charge in [0.25, 0.3) is 17.2 Å². The predicted molar refractivity (Wildman–Crippen MR) is 253 cm³/mol. The number of benzene rings is 2. The van der Waals surface area contributed by atoms with Gasteiger partial charge in [0.1, 0.15) is 47.4 Å². The number of anilines is 1. The average Bonchev–Trinajstić information content (AvgIpc) is 3.81. The number of pyridine rings is 1. The fourth-order valence-corrected chi connectivity index (χ4v) is 10.1. The normalized spacial score (nSPS) is 18.4. The van der Waals surface area contributed by atoms with Crippen molar-refractivity contribution < 1.29 is 70.7 Å². The first-order valence-electron chi connectivity index (χ1n) is 22.8. The first kappa shape index (κ1) is 55.4. The van der Waals surface area contributed by atoms with Crippen molar-refractivity contribution in [2.75, 3.05) is 56.4 Å². The molecule has 0 spiro atoms. The molecule has 1 aliphatic heterocycles. The van der Waals surface area contributed by atoms with Crippen LogP contribution in [0, 0.1) is 29.4 Å². The smallest absolute Gasteiger partial charge is 0.353 e. The Kier molecular flexibility index (Phi) is 15.2. The molecule has 5 aromatic rings. The molecule has 4 heterocycles. The van der Waals surface area contributed by atoms with Gasteiger partial charge in [0.05, 0.1) is 27.7 Å². The zero-order chi connectivity index (χ0) is 54.7. The number of rotatable bonds is 16. The summed E-state index contributed by atoms with van der Waals surface area (Å²) < 4.78 is 196. The second-order valence-corrected chi connectivity index (χ2v) is 22.6. The summed E-state index contributed by atoms with van der Waals surface area (Å²) >= 11 is 3.54. The highest BCUT2D eigenvalue weighted by Gasteiger charge is 2.68. The van der Waals surface area contributed by atoms with E-state index in [9.17, 15) is 61.9 Å². The molecule has 0 bridgehead atoms. The number of piperazine rings is 1. The number of alkyl halides is 8. The lowest BCUT2D eigenvalue weighted by Gasteiger charge is -2.27. The highest BCUT2D eigenvalue weighted by atomic mass is 35.5. The van der Waals surface area contributed by atoms with E-state index < -0.39 is 151 Å². The molecular weight excluding hydrogens is 1080 g/mol. The van der Waals surface area contributed by atoms with Gasteiger partial charge in [-0.2, -0.15) is 45.3 Å². The molecule has 3 aromatic heterocycles. The van der Waals surface area contributed by atoms with Crippen molar-refractivity contribution in [1.29, 1.82) is 0 Å². The number of aromatic nitrogens is 5. The van der Waals surface area contributed by atoms with E-state index in [0.717, 1.165) is 24.5 Å². The van der Waals surface area contributed by atoms with Crippen molar-refractivity contribution >= 4 is 61.2 Å². The number of hydrogen-bond donors (Lipinski definition) is 4. The highest BCUT2D eigenvalue weighted by molar-refractivity contribution is 7.92. The summed E-state index contributed by atoms with van der Waals surface area (Å²) in [6, 6.07) is 5.13. The predicted octanol–water partition coefficient (Wildman–Crippen LogP) is 6.26. The SMILES string of the molecule is CC(C)(C#Cc1ccc(-c2ccc(Cl)c3c(N(CC(=O)NCCN4CCNCC4)S(=O)O)nn(CC(F)(F)F)c23)c(C(Cc2cc(F)cc(F)c2)NC(=O)Cn2nc(C(F)(F)F)c3c2C(F)(F)[C@@H]2C[C@H]32)n1)S(C)(=O)=O. The van der Waals surface area contributed by atoms with Crippen molar-refractivity contribution in [1.82, 2.24) is 45.4 Å². The van der Waals surface area contributed by atoms with Crippen LogP contribution < -0.4 is 20.3 Å². The number of hydrogen-bond acceptors (Lipinski definition) is 10. The van der Waals surface area contributed by atoms with Crippen LogP contribution in [0.4, 0.5) is 49.7 Å². The van der Waals surface area contributed by atoms with Gasteiger partial charge < -0.3 is 16.0 Å². The molecule has 2 amide bonds. The minimum Gasteiger partial charge on any atom is -0.353 e. The van der Waals surface area contributed by atoms with Crippen LogP contribution in [0.5, 0.6) is 0 Å². The summed E-state index contributed by atoms with van der Waals surface area (Å²) in [4.78, 5) is 34.1. The van der Waals surface area contributed by atoms with Gasteiger partial charge in [-0.3, -0.25) is 28.4 Å². The number of nitrogens with zero attached hydrogens (tertiary/aromatic N) is 7. The minimum atomic E-state index is -5.21. The third-order valence-corrected chi connectivity index (χ3v) is 15.9. The van der Waals surface area contributed by atoms with Crippen LogP contribution in [0.25, 0.3) is 22.0 Å². The molecule has 404 valence electrons. The lowest BCUT2D eigenvalue weighted by Crippen LogP contribution is -2.47. The number of sulfone groups is 1. The van der Waals surface area contributed by atoms with Gasteiger partial charge >= 0.3 is 12.4 Å². The molecule has 4 N–H and O–H groups in total. The molecule has 4 atom stereocenters. The van der Waals surface area contributed by atoms with Crippen LogP contribution in [-0.4, -0.2) is 121 Å². The number of halogens is 11. The molecule has 1 saturated heterocycles. The van der Waals surface area contributed by atoms with Gasteiger partial charge in [0, 0.05) is 74.2 Å².